The van der Waals surface area contributed by atoms with Crippen LogP contribution < -0.4 is 5.73 Å². The number of esters is 1. The number of rotatable bonds is 3. The highest BCUT2D eigenvalue weighted by atomic mass is 16.5. The molecule has 0 radical (unpaired) electrons. The second-order valence-corrected chi connectivity index (χ2v) is 5.20. The molecule has 1 fully saturated rings. The summed E-state index contributed by atoms with van der Waals surface area (Å²) in [7, 11) is 1.34. The van der Waals surface area contributed by atoms with Crippen LogP contribution in [0.25, 0.3) is 0 Å². The Bertz CT molecular complexity index is 544. The number of carbonyl (C=O) groups excluding carboxylic acids is 2. The summed E-state index contributed by atoms with van der Waals surface area (Å²) in [5.41, 5.74) is 6.41. The molecule has 2 rings (SSSR count). The van der Waals surface area contributed by atoms with Crippen LogP contribution in [0.2, 0.25) is 0 Å². The zero-order valence-electron chi connectivity index (χ0n) is 12.0. The molecule has 1 aromatic carbocycles. The molecule has 3 N–H and O–H groups in total. The van der Waals surface area contributed by atoms with E-state index in [1.54, 1.807) is 4.90 Å². The third kappa shape index (κ3) is 3.45. The summed E-state index contributed by atoms with van der Waals surface area (Å²) in [5, 5.41) is 9.53. The van der Waals surface area contributed by atoms with Gasteiger partial charge < -0.3 is 20.5 Å². The van der Waals surface area contributed by atoms with Gasteiger partial charge in [-0.05, 0) is 37.5 Å². The van der Waals surface area contributed by atoms with Crippen LogP contribution in [0, 0.1) is 0 Å². The predicted octanol–water partition coefficient (Wildman–Crippen LogP) is 1.53. The molecule has 1 amide bonds. The van der Waals surface area contributed by atoms with Gasteiger partial charge in [0.15, 0.2) is 0 Å². The van der Waals surface area contributed by atoms with Crippen molar-refractivity contribution in [2.24, 2.45) is 0 Å². The first-order chi connectivity index (χ1) is 10.0. The number of likely N-dealkylation sites (tertiary alicyclic amines) is 1. The quantitative estimate of drug-likeness (QED) is 0.500. The van der Waals surface area contributed by atoms with E-state index in [-0.39, 0.29) is 35.7 Å². The maximum absolute atomic E-state index is 12.6. The molecule has 21 heavy (non-hydrogen) atoms. The van der Waals surface area contributed by atoms with Gasteiger partial charge in [0.1, 0.15) is 5.75 Å². The van der Waals surface area contributed by atoms with Crippen molar-refractivity contribution in [1.82, 2.24) is 4.90 Å². The number of phenolic OH excluding ortho intramolecular Hbond substituents is 1. The Morgan fingerprint density at radius 3 is 2.90 bits per heavy atom. The monoisotopic (exact) mass is 292 g/mol. The van der Waals surface area contributed by atoms with Crippen LogP contribution in [0.4, 0.5) is 5.69 Å². The van der Waals surface area contributed by atoms with E-state index in [1.165, 1.54) is 25.3 Å². The van der Waals surface area contributed by atoms with Crippen LogP contribution in [0.5, 0.6) is 5.75 Å². The van der Waals surface area contributed by atoms with Crippen molar-refractivity contribution in [3.05, 3.63) is 23.8 Å². The van der Waals surface area contributed by atoms with E-state index in [0.29, 0.717) is 12.2 Å². The molecule has 1 atom stereocenters. The van der Waals surface area contributed by atoms with Gasteiger partial charge in [-0.15, -0.1) is 0 Å². The Morgan fingerprint density at radius 2 is 2.19 bits per heavy atom. The first-order valence-electron chi connectivity index (χ1n) is 6.99. The third-order valence-corrected chi connectivity index (χ3v) is 3.79. The number of carbonyl (C=O) groups is 2. The Balaban J connectivity index is 2.22. The molecule has 114 valence electrons. The molecule has 0 spiro atoms. The second-order valence-electron chi connectivity index (χ2n) is 5.20. The number of phenols is 1. The van der Waals surface area contributed by atoms with Gasteiger partial charge in [0.25, 0.3) is 5.91 Å². The minimum absolute atomic E-state index is 0.00548. The SMILES string of the molecule is COC(=O)CC1CCCCN1C(=O)c1cc(O)ccc1N. The molecule has 1 heterocycles. The standard InChI is InChI=1S/C15H20N2O4/c1-21-14(19)8-10-4-2-3-7-17(10)15(20)12-9-11(18)5-6-13(12)16/h5-6,9-10,18H,2-4,7-8,16H2,1H3. The molecule has 6 nitrogen and oxygen atoms in total. The highest BCUT2D eigenvalue weighted by Gasteiger charge is 2.30. The largest absolute Gasteiger partial charge is 0.508 e. The summed E-state index contributed by atoms with van der Waals surface area (Å²) in [5.74, 6) is -0.588. The molecule has 1 aliphatic rings. The number of nitrogen functional groups attached to an aromatic ring is 1. The zero-order valence-corrected chi connectivity index (χ0v) is 12.0. The van der Waals surface area contributed by atoms with E-state index < -0.39 is 0 Å². The van der Waals surface area contributed by atoms with Gasteiger partial charge in [-0.1, -0.05) is 0 Å². The molecule has 0 aromatic heterocycles. The lowest BCUT2D eigenvalue weighted by Crippen LogP contribution is -2.45. The molecule has 0 saturated carbocycles. The summed E-state index contributed by atoms with van der Waals surface area (Å²) >= 11 is 0. The second kappa shape index (κ2) is 6.47. The van der Waals surface area contributed by atoms with Crippen molar-refractivity contribution in [3.8, 4) is 5.75 Å². The third-order valence-electron chi connectivity index (χ3n) is 3.79. The number of ether oxygens (including phenoxy) is 1. The number of nitrogens with two attached hydrogens (primary N) is 1. The summed E-state index contributed by atoms with van der Waals surface area (Å²) in [4.78, 5) is 25.8. The van der Waals surface area contributed by atoms with Crippen LogP contribution in [0.1, 0.15) is 36.0 Å². The fourth-order valence-corrected chi connectivity index (χ4v) is 2.64. The van der Waals surface area contributed by atoms with Crippen molar-refractivity contribution in [2.75, 3.05) is 19.4 Å². The van der Waals surface area contributed by atoms with Gasteiger partial charge in [-0.25, -0.2) is 0 Å². The summed E-state index contributed by atoms with van der Waals surface area (Å²) in [6, 6.07) is 4.12. The molecule has 1 saturated heterocycles. The van der Waals surface area contributed by atoms with Crippen LogP contribution in [-0.2, 0) is 9.53 Å². The van der Waals surface area contributed by atoms with Crippen LogP contribution in [0.15, 0.2) is 18.2 Å². The highest BCUT2D eigenvalue weighted by Crippen LogP contribution is 2.26. The van der Waals surface area contributed by atoms with Gasteiger partial charge in [0.2, 0.25) is 0 Å². The van der Waals surface area contributed by atoms with E-state index in [0.717, 1.165) is 19.3 Å². The predicted molar refractivity (Wildman–Crippen MR) is 77.8 cm³/mol. The first kappa shape index (κ1) is 15.2. The minimum Gasteiger partial charge on any atom is -0.508 e. The Hall–Kier alpha value is -2.24. The van der Waals surface area contributed by atoms with Gasteiger partial charge in [-0.3, -0.25) is 9.59 Å². The van der Waals surface area contributed by atoms with Crippen LogP contribution in [-0.4, -0.2) is 41.6 Å². The number of anilines is 1. The number of aromatic hydroxyl groups is 1. The molecular weight excluding hydrogens is 272 g/mol. The van der Waals surface area contributed by atoms with Crippen molar-refractivity contribution in [1.29, 1.82) is 0 Å². The molecular formula is C15H20N2O4. The van der Waals surface area contributed by atoms with Gasteiger partial charge in [0.05, 0.1) is 19.1 Å². The average molecular weight is 292 g/mol. The molecule has 1 unspecified atom stereocenters. The Kier molecular flexibility index (Phi) is 4.67. The van der Waals surface area contributed by atoms with E-state index in [9.17, 15) is 14.7 Å². The summed E-state index contributed by atoms with van der Waals surface area (Å²) in [6.07, 6.45) is 2.81. The van der Waals surface area contributed by atoms with Crippen molar-refractivity contribution < 1.29 is 19.4 Å². The van der Waals surface area contributed by atoms with Crippen molar-refractivity contribution in [3.63, 3.8) is 0 Å². The number of methoxy groups -OCH3 is 1. The van der Waals surface area contributed by atoms with Crippen LogP contribution in [0.3, 0.4) is 0 Å². The van der Waals surface area contributed by atoms with E-state index >= 15 is 0 Å². The number of nitrogens with zero attached hydrogens (tertiary/aromatic N) is 1. The van der Waals surface area contributed by atoms with E-state index in [1.807, 2.05) is 0 Å². The number of hydrogen-bond acceptors (Lipinski definition) is 5. The lowest BCUT2D eigenvalue weighted by molar-refractivity contribution is -0.142. The molecule has 1 aliphatic heterocycles. The first-order valence-corrected chi connectivity index (χ1v) is 6.99. The molecule has 1 aromatic rings. The fourth-order valence-electron chi connectivity index (χ4n) is 2.64. The fraction of sp³-hybridized carbons (Fsp3) is 0.467. The number of amides is 1. The summed E-state index contributed by atoms with van der Waals surface area (Å²) in [6.45, 7) is 0.579. The zero-order chi connectivity index (χ0) is 15.4. The number of benzene rings is 1. The average Bonchev–Trinajstić information content (AvgIpc) is 2.49. The molecule has 0 aliphatic carbocycles. The minimum atomic E-state index is -0.330. The van der Waals surface area contributed by atoms with Crippen molar-refractivity contribution >= 4 is 17.6 Å². The van der Waals surface area contributed by atoms with Crippen LogP contribution >= 0.6 is 0 Å². The smallest absolute Gasteiger partial charge is 0.307 e. The number of piperidine rings is 1. The summed E-state index contributed by atoms with van der Waals surface area (Å²) < 4.78 is 4.69. The van der Waals surface area contributed by atoms with Crippen molar-refractivity contribution in [2.45, 2.75) is 31.7 Å². The van der Waals surface area contributed by atoms with Gasteiger partial charge >= 0.3 is 5.97 Å². The maximum Gasteiger partial charge on any atom is 0.307 e. The highest BCUT2D eigenvalue weighted by molar-refractivity contribution is 6.00. The topological polar surface area (TPSA) is 92.9 Å². The molecule has 6 heteroatoms. The number of hydrogen-bond donors (Lipinski definition) is 2. The Morgan fingerprint density at radius 1 is 1.43 bits per heavy atom. The molecule has 0 bridgehead atoms. The van der Waals surface area contributed by atoms with Gasteiger partial charge in [-0.2, -0.15) is 0 Å². The normalized spacial score (nSPS) is 18.3. The van der Waals surface area contributed by atoms with E-state index in [2.05, 4.69) is 4.74 Å². The Labute approximate surface area is 123 Å². The van der Waals surface area contributed by atoms with Gasteiger partial charge in [0, 0.05) is 18.3 Å². The lowest BCUT2D eigenvalue weighted by Gasteiger charge is -2.35. The van der Waals surface area contributed by atoms with E-state index in [4.69, 9.17) is 5.73 Å². The lowest BCUT2D eigenvalue weighted by atomic mass is 9.98. The maximum atomic E-state index is 12.6.